The number of rotatable bonds is 7. The molecule has 1 aliphatic carbocycles. The molecule has 0 aromatic heterocycles. The van der Waals surface area contributed by atoms with Gasteiger partial charge in [-0.15, -0.1) is 0 Å². The van der Waals surface area contributed by atoms with Gasteiger partial charge in [-0.1, -0.05) is 6.08 Å². The molecule has 0 saturated heterocycles. The Bertz CT molecular complexity index is 314. The van der Waals surface area contributed by atoms with Gasteiger partial charge in [0.25, 0.3) is 0 Å². The molecule has 5 heteroatoms. The van der Waals surface area contributed by atoms with Crippen LogP contribution < -0.4 is 0 Å². The van der Waals surface area contributed by atoms with E-state index < -0.39 is 7.60 Å². The number of ketones is 1. The van der Waals surface area contributed by atoms with Crippen LogP contribution >= 0.6 is 7.60 Å². The number of carbonyl (C=O) groups is 1. The zero-order valence-electron chi connectivity index (χ0n) is 10.6. The maximum atomic E-state index is 12.1. The minimum absolute atomic E-state index is 0.1000. The van der Waals surface area contributed by atoms with Gasteiger partial charge in [-0.2, -0.15) is 0 Å². The molecule has 0 aliphatic heterocycles. The first kappa shape index (κ1) is 14.6. The molecule has 1 unspecified atom stereocenters. The van der Waals surface area contributed by atoms with E-state index in [2.05, 4.69) is 0 Å². The van der Waals surface area contributed by atoms with Gasteiger partial charge in [-0.3, -0.25) is 9.36 Å². The monoisotopic (exact) mass is 260 g/mol. The molecule has 1 rings (SSSR count). The van der Waals surface area contributed by atoms with Crippen LogP contribution in [-0.2, 0) is 18.4 Å². The third-order valence-electron chi connectivity index (χ3n) is 2.76. The van der Waals surface area contributed by atoms with E-state index in [1.54, 1.807) is 19.9 Å². The Hall–Kier alpha value is -0.440. The van der Waals surface area contributed by atoms with Gasteiger partial charge in [-0.05, 0) is 33.1 Å². The van der Waals surface area contributed by atoms with Gasteiger partial charge >= 0.3 is 7.60 Å². The van der Waals surface area contributed by atoms with Crippen LogP contribution in [0.15, 0.2) is 11.9 Å². The zero-order chi connectivity index (χ0) is 12.7. The van der Waals surface area contributed by atoms with Crippen molar-refractivity contribution in [2.45, 2.75) is 39.5 Å². The number of hydrogen-bond acceptors (Lipinski definition) is 4. The van der Waals surface area contributed by atoms with Gasteiger partial charge in [0, 0.05) is 18.2 Å². The SMILES string of the molecule is CCOP(=O)(/C=C/CC1CCCC1=O)OCC. The fourth-order valence-electron chi connectivity index (χ4n) is 1.97. The van der Waals surface area contributed by atoms with E-state index in [0.29, 0.717) is 31.8 Å². The third kappa shape index (κ3) is 4.74. The van der Waals surface area contributed by atoms with E-state index in [1.807, 2.05) is 0 Å². The highest BCUT2D eigenvalue weighted by atomic mass is 31.2. The molecular weight excluding hydrogens is 239 g/mol. The van der Waals surface area contributed by atoms with Crippen LogP contribution in [0.2, 0.25) is 0 Å². The van der Waals surface area contributed by atoms with Gasteiger partial charge in [0.1, 0.15) is 5.78 Å². The molecular formula is C12H21O4P. The second-order valence-corrected chi connectivity index (χ2v) is 5.95. The van der Waals surface area contributed by atoms with Crippen molar-refractivity contribution in [2.75, 3.05) is 13.2 Å². The van der Waals surface area contributed by atoms with E-state index >= 15 is 0 Å². The molecule has 1 aliphatic rings. The highest BCUT2D eigenvalue weighted by Gasteiger charge is 2.24. The maximum Gasteiger partial charge on any atom is 0.353 e. The molecule has 1 fully saturated rings. The summed E-state index contributed by atoms with van der Waals surface area (Å²) >= 11 is 0. The topological polar surface area (TPSA) is 52.6 Å². The van der Waals surface area contributed by atoms with Crippen LogP contribution in [0.3, 0.4) is 0 Å². The van der Waals surface area contributed by atoms with E-state index in [9.17, 15) is 9.36 Å². The average molecular weight is 260 g/mol. The summed E-state index contributed by atoms with van der Waals surface area (Å²) in [6.07, 6.45) is 5.01. The van der Waals surface area contributed by atoms with Crippen molar-refractivity contribution in [3.05, 3.63) is 11.9 Å². The molecule has 98 valence electrons. The number of allylic oxidation sites excluding steroid dienone is 1. The molecule has 0 amide bonds. The Balaban J connectivity index is 2.49. The lowest BCUT2D eigenvalue weighted by Crippen LogP contribution is -2.04. The van der Waals surface area contributed by atoms with Crippen LogP contribution in [-0.4, -0.2) is 19.0 Å². The van der Waals surface area contributed by atoms with E-state index in [0.717, 1.165) is 12.8 Å². The lowest BCUT2D eigenvalue weighted by molar-refractivity contribution is -0.120. The summed E-state index contributed by atoms with van der Waals surface area (Å²) in [5.41, 5.74) is 0. The number of hydrogen-bond donors (Lipinski definition) is 0. The van der Waals surface area contributed by atoms with Crippen molar-refractivity contribution in [1.82, 2.24) is 0 Å². The van der Waals surface area contributed by atoms with Gasteiger partial charge in [0.15, 0.2) is 0 Å². The molecule has 4 nitrogen and oxygen atoms in total. The van der Waals surface area contributed by atoms with Gasteiger partial charge in [-0.25, -0.2) is 0 Å². The summed E-state index contributed by atoms with van der Waals surface area (Å²) in [7, 11) is -3.09. The quantitative estimate of drug-likeness (QED) is 0.657. The molecule has 0 bridgehead atoms. The predicted octanol–water partition coefficient (Wildman–Crippen LogP) is 3.53. The first-order valence-electron chi connectivity index (χ1n) is 6.20. The summed E-state index contributed by atoms with van der Waals surface area (Å²) < 4.78 is 22.3. The Morgan fingerprint density at radius 2 is 2.00 bits per heavy atom. The van der Waals surface area contributed by atoms with Crippen LogP contribution in [0.25, 0.3) is 0 Å². The van der Waals surface area contributed by atoms with Crippen LogP contribution in [0, 0.1) is 5.92 Å². The largest absolute Gasteiger partial charge is 0.353 e. The Labute approximate surface area is 103 Å². The number of carbonyl (C=O) groups excluding carboxylic acids is 1. The Morgan fingerprint density at radius 1 is 1.35 bits per heavy atom. The van der Waals surface area contributed by atoms with Crippen molar-refractivity contribution in [3.8, 4) is 0 Å². The Morgan fingerprint density at radius 3 is 2.47 bits per heavy atom. The second kappa shape index (κ2) is 7.10. The lowest BCUT2D eigenvalue weighted by Gasteiger charge is -2.12. The molecule has 0 N–H and O–H groups in total. The average Bonchev–Trinajstić information content (AvgIpc) is 2.65. The van der Waals surface area contributed by atoms with Gasteiger partial charge < -0.3 is 9.05 Å². The van der Waals surface area contributed by atoms with Gasteiger partial charge in [0.05, 0.1) is 13.2 Å². The van der Waals surface area contributed by atoms with E-state index in [1.165, 1.54) is 5.82 Å². The van der Waals surface area contributed by atoms with Crippen LogP contribution in [0.1, 0.15) is 39.5 Å². The van der Waals surface area contributed by atoms with E-state index in [-0.39, 0.29) is 5.92 Å². The molecule has 0 radical (unpaired) electrons. The second-order valence-electron chi connectivity index (χ2n) is 4.05. The highest BCUT2D eigenvalue weighted by Crippen LogP contribution is 2.49. The lowest BCUT2D eigenvalue weighted by atomic mass is 10.0. The molecule has 0 aromatic rings. The predicted molar refractivity (Wildman–Crippen MR) is 67.0 cm³/mol. The Kier molecular flexibility index (Phi) is 6.10. The van der Waals surface area contributed by atoms with Gasteiger partial charge in [0.2, 0.25) is 0 Å². The summed E-state index contributed by atoms with van der Waals surface area (Å²) in [6.45, 7) is 4.26. The maximum absolute atomic E-state index is 12.1. The van der Waals surface area contributed by atoms with Crippen molar-refractivity contribution in [1.29, 1.82) is 0 Å². The van der Waals surface area contributed by atoms with Crippen molar-refractivity contribution in [2.24, 2.45) is 5.92 Å². The standard InChI is InChI=1S/C12H21O4P/c1-3-15-17(14,16-4-2)10-6-8-11-7-5-9-12(11)13/h6,10-11H,3-5,7-9H2,1-2H3/b10-6+. The molecule has 17 heavy (non-hydrogen) atoms. The van der Waals surface area contributed by atoms with Crippen molar-refractivity contribution < 1.29 is 18.4 Å². The summed E-state index contributed by atoms with van der Waals surface area (Å²) in [4.78, 5) is 11.4. The molecule has 0 spiro atoms. The molecule has 1 saturated carbocycles. The van der Waals surface area contributed by atoms with Crippen molar-refractivity contribution in [3.63, 3.8) is 0 Å². The fraction of sp³-hybridized carbons (Fsp3) is 0.750. The minimum atomic E-state index is -3.09. The highest BCUT2D eigenvalue weighted by molar-refractivity contribution is 7.57. The van der Waals surface area contributed by atoms with Crippen LogP contribution in [0.4, 0.5) is 0 Å². The number of Topliss-reactive ketones (excluding diaryl/α,β-unsaturated/α-hetero) is 1. The smallest absolute Gasteiger partial charge is 0.306 e. The minimum Gasteiger partial charge on any atom is -0.306 e. The zero-order valence-corrected chi connectivity index (χ0v) is 11.4. The summed E-state index contributed by atoms with van der Waals surface area (Å²) in [5.74, 6) is 1.91. The first-order valence-corrected chi connectivity index (χ1v) is 7.81. The first-order chi connectivity index (χ1) is 8.11. The molecule has 1 atom stereocenters. The summed E-state index contributed by atoms with van der Waals surface area (Å²) in [5, 5.41) is 0. The molecule has 0 heterocycles. The normalized spacial score (nSPS) is 21.5. The van der Waals surface area contributed by atoms with Crippen molar-refractivity contribution >= 4 is 13.4 Å². The third-order valence-corrected chi connectivity index (χ3v) is 4.57. The molecule has 0 aromatic carbocycles. The van der Waals surface area contributed by atoms with E-state index in [4.69, 9.17) is 9.05 Å². The van der Waals surface area contributed by atoms with Crippen LogP contribution in [0.5, 0.6) is 0 Å². The fourth-order valence-corrected chi connectivity index (χ4v) is 3.32. The summed E-state index contributed by atoms with van der Waals surface area (Å²) in [6, 6.07) is 0.